The molecule has 0 saturated carbocycles. The largest absolute Gasteiger partial charge is 0.375 e. The molecule has 2 rings (SSSR count). The molecule has 1 aliphatic rings. The highest BCUT2D eigenvalue weighted by molar-refractivity contribution is 5.27. The zero-order valence-electron chi connectivity index (χ0n) is 11.3. The van der Waals surface area contributed by atoms with Crippen molar-refractivity contribution in [1.29, 1.82) is 0 Å². The molecule has 2 heteroatoms. The Morgan fingerprint density at radius 1 is 1.33 bits per heavy atom. The minimum atomic E-state index is -0.178. The van der Waals surface area contributed by atoms with E-state index in [1.165, 1.54) is 5.56 Å². The maximum absolute atomic E-state index is 13.1. The molecule has 1 fully saturated rings. The van der Waals surface area contributed by atoms with Gasteiger partial charge < -0.3 is 4.74 Å². The number of ether oxygens (including phenoxy) is 1. The average Bonchev–Trinajstić information content (AvgIpc) is 2.39. The molecule has 0 aliphatic carbocycles. The summed E-state index contributed by atoms with van der Waals surface area (Å²) in [6.07, 6.45) is 3.76. The number of benzene rings is 1. The second-order valence-corrected chi connectivity index (χ2v) is 5.62. The van der Waals surface area contributed by atoms with E-state index in [0.717, 1.165) is 32.3 Å². The summed E-state index contributed by atoms with van der Waals surface area (Å²) in [5, 5.41) is 0. The number of halogens is 1. The normalized spacial score (nSPS) is 32.4. The molecule has 99 valence electrons. The van der Waals surface area contributed by atoms with Gasteiger partial charge in [0.25, 0.3) is 0 Å². The topological polar surface area (TPSA) is 9.23 Å². The third-order valence-electron chi connectivity index (χ3n) is 4.43. The summed E-state index contributed by atoms with van der Waals surface area (Å²) in [6, 6.07) is 6.90. The van der Waals surface area contributed by atoms with Gasteiger partial charge in [-0.25, -0.2) is 4.39 Å². The van der Waals surface area contributed by atoms with E-state index in [4.69, 9.17) is 4.74 Å². The van der Waals surface area contributed by atoms with Crippen molar-refractivity contribution in [3.63, 3.8) is 0 Å². The Bertz CT molecular complexity index is 400. The smallest absolute Gasteiger partial charge is 0.123 e. The fourth-order valence-corrected chi connectivity index (χ4v) is 2.98. The van der Waals surface area contributed by atoms with E-state index in [1.807, 2.05) is 12.1 Å². The Kier molecular flexibility index (Phi) is 3.76. The van der Waals surface area contributed by atoms with Crippen LogP contribution >= 0.6 is 0 Å². The van der Waals surface area contributed by atoms with Gasteiger partial charge in [-0.3, -0.25) is 0 Å². The van der Waals surface area contributed by atoms with Crippen molar-refractivity contribution in [2.24, 2.45) is 0 Å². The molecule has 0 bridgehead atoms. The summed E-state index contributed by atoms with van der Waals surface area (Å²) in [5.41, 5.74) is 1.16. The molecule has 0 aromatic heterocycles. The molecule has 0 amide bonds. The van der Waals surface area contributed by atoms with Gasteiger partial charge in [0.05, 0.1) is 5.60 Å². The highest BCUT2D eigenvalue weighted by Crippen LogP contribution is 2.44. The summed E-state index contributed by atoms with van der Waals surface area (Å²) in [6.45, 7) is 9.22. The lowest BCUT2D eigenvalue weighted by Gasteiger charge is -2.46. The molecule has 2 atom stereocenters. The lowest BCUT2D eigenvalue weighted by molar-refractivity contribution is -0.0962. The van der Waals surface area contributed by atoms with Crippen molar-refractivity contribution in [1.82, 2.24) is 0 Å². The van der Waals surface area contributed by atoms with E-state index in [2.05, 4.69) is 20.8 Å². The Morgan fingerprint density at radius 3 is 2.56 bits per heavy atom. The first kappa shape index (κ1) is 13.5. The molecular weight excluding hydrogens is 227 g/mol. The van der Waals surface area contributed by atoms with Crippen LogP contribution in [0, 0.1) is 12.7 Å². The third-order valence-corrected chi connectivity index (χ3v) is 4.43. The summed E-state index contributed by atoms with van der Waals surface area (Å²) < 4.78 is 19.0. The summed E-state index contributed by atoms with van der Waals surface area (Å²) >= 11 is 0. The predicted octanol–water partition coefficient (Wildman–Crippen LogP) is 4.27. The fraction of sp³-hybridized carbons (Fsp3) is 0.562. The minimum absolute atomic E-state index is 0.0384. The van der Waals surface area contributed by atoms with Gasteiger partial charge in [0.2, 0.25) is 0 Å². The number of rotatable bonds is 3. The van der Waals surface area contributed by atoms with Crippen molar-refractivity contribution in [2.45, 2.75) is 50.5 Å². The van der Waals surface area contributed by atoms with E-state index in [1.54, 1.807) is 12.1 Å². The third kappa shape index (κ3) is 2.44. The second kappa shape index (κ2) is 5.00. The van der Waals surface area contributed by atoms with Gasteiger partial charge in [-0.1, -0.05) is 26.0 Å². The van der Waals surface area contributed by atoms with Crippen molar-refractivity contribution >= 4 is 0 Å². The molecular formula is C16H22FO. The van der Waals surface area contributed by atoms with Crippen molar-refractivity contribution in [3.8, 4) is 0 Å². The van der Waals surface area contributed by atoms with Crippen LogP contribution in [0.15, 0.2) is 24.3 Å². The number of hydrogen-bond donors (Lipinski definition) is 0. The van der Waals surface area contributed by atoms with Gasteiger partial charge >= 0.3 is 0 Å². The van der Waals surface area contributed by atoms with Gasteiger partial charge in [0.1, 0.15) is 5.82 Å². The Hall–Kier alpha value is -0.890. The zero-order chi connectivity index (χ0) is 13.2. The van der Waals surface area contributed by atoms with E-state index >= 15 is 0 Å². The first-order valence-corrected chi connectivity index (χ1v) is 6.73. The maximum Gasteiger partial charge on any atom is 0.123 e. The van der Waals surface area contributed by atoms with Crippen LogP contribution in [0.2, 0.25) is 0 Å². The predicted molar refractivity (Wildman–Crippen MR) is 71.9 cm³/mol. The van der Waals surface area contributed by atoms with Crippen LogP contribution in [0.5, 0.6) is 0 Å². The van der Waals surface area contributed by atoms with Crippen LogP contribution in [0.4, 0.5) is 4.39 Å². The lowest BCUT2D eigenvalue weighted by atomic mass is 9.67. The van der Waals surface area contributed by atoms with Crippen molar-refractivity contribution in [3.05, 3.63) is 42.6 Å². The van der Waals surface area contributed by atoms with E-state index < -0.39 is 0 Å². The van der Waals surface area contributed by atoms with Crippen molar-refractivity contribution in [2.75, 3.05) is 6.61 Å². The lowest BCUT2D eigenvalue weighted by Crippen LogP contribution is -2.45. The summed E-state index contributed by atoms with van der Waals surface area (Å²) in [5.74, 6) is -0.178. The Balaban J connectivity index is 2.33. The van der Waals surface area contributed by atoms with Crippen molar-refractivity contribution < 1.29 is 9.13 Å². The molecule has 1 radical (unpaired) electrons. The zero-order valence-corrected chi connectivity index (χ0v) is 11.3. The molecule has 0 N–H and O–H groups in total. The highest BCUT2D eigenvalue weighted by atomic mass is 19.1. The first-order chi connectivity index (χ1) is 8.53. The molecule has 1 saturated heterocycles. The van der Waals surface area contributed by atoms with Crippen LogP contribution in [0.25, 0.3) is 0 Å². The van der Waals surface area contributed by atoms with Crippen LogP contribution in [0.3, 0.4) is 0 Å². The SMILES string of the molecule is [CH2]CC1(c2ccc(F)cc2)CCOC(C)(CC)C1. The monoisotopic (exact) mass is 249 g/mol. The van der Waals surface area contributed by atoms with E-state index in [-0.39, 0.29) is 16.8 Å². The van der Waals surface area contributed by atoms with Crippen LogP contribution in [-0.2, 0) is 10.2 Å². The Morgan fingerprint density at radius 2 is 2.00 bits per heavy atom. The van der Waals surface area contributed by atoms with Gasteiger partial charge in [-0.15, -0.1) is 0 Å². The quantitative estimate of drug-likeness (QED) is 0.777. The average molecular weight is 249 g/mol. The molecule has 2 unspecified atom stereocenters. The van der Waals surface area contributed by atoms with E-state index in [9.17, 15) is 4.39 Å². The van der Waals surface area contributed by atoms with Gasteiger partial charge in [0, 0.05) is 12.0 Å². The van der Waals surface area contributed by atoms with Gasteiger partial charge in [0.15, 0.2) is 0 Å². The maximum atomic E-state index is 13.1. The molecule has 1 nitrogen and oxygen atoms in total. The Labute approximate surface area is 109 Å². The minimum Gasteiger partial charge on any atom is -0.375 e. The first-order valence-electron chi connectivity index (χ1n) is 6.73. The second-order valence-electron chi connectivity index (χ2n) is 5.62. The van der Waals surface area contributed by atoms with Crippen LogP contribution < -0.4 is 0 Å². The molecule has 1 aliphatic heterocycles. The van der Waals surface area contributed by atoms with Crippen LogP contribution in [0.1, 0.15) is 45.1 Å². The van der Waals surface area contributed by atoms with Gasteiger partial charge in [-0.2, -0.15) is 0 Å². The molecule has 1 aromatic carbocycles. The fourth-order valence-electron chi connectivity index (χ4n) is 2.98. The molecule has 0 spiro atoms. The number of hydrogen-bond acceptors (Lipinski definition) is 1. The highest BCUT2D eigenvalue weighted by Gasteiger charge is 2.42. The van der Waals surface area contributed by atoms with Crippen LogP contribution in [-0.4, -0.2) is 12.2 Å². The van der Waals surface area contributed by atoms with E-state index in [0.29, 0.717) is 0 Å². The molecule has 1 aromatic rings. The summed E-state index contributed by atoms with van der Waals surface area (Å²) in [7, 11) is 0. The molecule has 18 heavy (non-hydrogen) atoms. The molecule has 1 heterocycles. The standard InChI is InChI=1S/C16H22FO/c1-4-15(3)12-16(5-2,10-11-18-15)13-6-8-14(17)9-7-13/h6-9H,2,4-5,10-12H2,1,3H3. The van der Waals surface area contributed by atoms with Gasteiger partial charge in [-0.05, 0) is 50.3 Å². The summed E-state index contributed by atoms with van der Waals surface area (Å²) in [4.78, 5) is 0.